The minimum atomic E-state index is -1.11. The second-order valence-corrected chi connectivity index (χ2v) is 26.4. The molecule has 0 aromatic heterocycles. The third-order valence-electron chi connectivity index (χ3n) is 26.1. The minimum absolute atomic E-state index is 0.397. The minimum Gasteiger partial charge on any atom is -0.466 e. The number of ether oxygens (including phenoxy) is 2. The lowest BCUT2D eigenvalue weighted by molar-refractivity contribution is -0.140. The van der Waals surface area contributed by atoms with Crippen LogP contribution in [0.1, 0.15) is 42.0 Å². The number of unbranched alkanes of at least 4 members (excludes halogenated alkanes) is 1. The van der Waals surface area contributed by atoms with Gasteiger partial charge in [0.1, 0.15) is 11.2 Å². The number of carbonyl (C=O) groups is 2. The molecule has 75 heavy (non-hydrogen) atoms. The smallest absolute Gasteiger partial charge is 0.354 e. The fourth-order valence-electron chi connectivity index (χ4n) is 25.9. The molecular formula is C70H15NO4. The first-order valence-corrected chi connectivity index (χ1v) is 27.6. The molecule has 28 aromatic rings. The molecule has 0 atom stereocenters. The van der Waals surface area contributed by atoms with Crippen LogP contribution in [-0.2, 0) is 30.0 Å². The van der Waals surface area contributed by atoms with Gasteiger partial charge in [0.15, 0.2) is 0 Å². The lowest BCUT2D eigenvalue weighted by Gasteiger charge is -2.54. The molecule has 0 bridgehead atoms. The predicted octanol–water partition coefficient (Wildman–Crippen LogP) is 17.0. The Hall–Kier alpha value is -9.06. The van der Waals surface area contributed by atoms with Crippen LogP contribution in [0.15, 0.2) is 11.3 Å². The second-order valence-electron chi connectivity index (χ2n) is 26.4. The number of hydrogen-bond donors (Lipinski definition) is 0. The van der Waals surface area contributed by atoms with E-state index in [1.54, 1.807) is 104 Å². The molecule has 0 unspecified atom stereocenters. The average molecular weight is 934 g/mol. The Labute approximate surface area is 409 Å². The zero-order valence-electron chi connectivity index (χ0n) is 39.2. The van der Waals surface area contributed by atoms with Gasteiger partial charge in [0.05, 0.1) is 25.2 Å². The molecule has 0 saturated carbocycles. The van der Waals surface area contributed by atoms with Crippen LogP contribution in [0.4, 0.5) is 0 Å². The highest BCUT2D eigenvalue weighted by molar-refractivity contribution is 6.82. The van der Waals surface area contributed by atoms with E-state index in [1.165, 1.54) is 223 Å². The van der Waals surface area contributed by atoms with Gasteiger partial charge in [-0.1, -0.05) is 13.3 Å². The van der Waals surface area contributed by atoms with Crippen molar-refractivity contribution in [2.75, 3.05) is 20.8 Å². The van der Waals surface area contributed by atoms with Gasteiger partial charge in [-0.25, -0.2) is 9.59 Å². The third-order valence-corrected chi connectivity index (χ3v) is 26.1. The molecule has 4 aliphatic carbocycles. The van der Waals surface area contributed by atoms with Crippen molar-refractivity contribution in [2.45, 2.75) is 30.7 Å². The van der Waals surface area contributed by atoms with Gasteiger partial charge in [0.25, 0.3) is 0 Å². The first-order chi connectivity index (χ1) is 37.1. The highest BCUT2D eigenvalue weighted by Crippen LogP contribution is 2.87. The molecule has 0 amide bonds. The summed E-state index contributed by atoms with van der Waals surface area (Å²) >= 11 is 0. The van der Waals surface area contributed by atoms with Crippen LogP contribution in [0.25, 0.3) is 291 Å². The van der Waals surface area contributed by atoms with Gasteiger partial charge in [-0.2, -0.15) is 0 Å². The molecule has 1 heterocycles. The van der Waals surface area contributed by atoms with Gasteiger partial charge < -0.3 is 14.4 Å². The quantitative estimate of drug-likeness (QED) is 0.127. The maximum atomic E-state index is 16.3. The molecule has 324 valence electrons. The summed E-state index contributed by atoms with van der Waals surface area (Å²) in [5.41, 5.74) is 4.23. The first-order valence-electron chi connectivity index (χ1n) is 27.6. The highest BCUT2D eigenvalue weighted by Gasteiger charge is 2.78. The molecule has 2 spiro atoms. The Morgan fingerprint density at radius 3 is 0.707 bits per heavy atom. The van der Waals surface area contributed by atoms with E-state index < -0.39 is 22.9 Å². The van der Waals surface area contributed by atoms with E-state index >= 15 is 9.59 Å². The van der Waals surface area contributed by atoms with E-state index in [0.29, 0.717) is 17.8 Å². The highest BCUT2D eigenvalue weighted by atomic mass is 16.5. The summed E-state index contributed by atoms with van der Waals surface area (Å²) in [5.74, 6) is -0.825. The topological polar surface area (TPSA) is 55.8 Å². The molecule has 28 aromatic carbocycles. The van der Waals surface area contributed by atoms with Crippen molar-refractivity contribution in [1.82, 2.24) is 4.90 Å². The predicted molar refractivity (Wildman–Crippen MR) is 307 cm³/mol. The molecule has 5 heteroatoms. The second kappa shape index (κ2) is 6.85. The Morgan fingerprint density at radius 2 is 0.507 bits per heavy atom. The van der Waals surface area contributed by atoms with Gasteiger partial charge in [-0.15, -0.1) is 0 Å². The molecule has 5 aliphatic rings. The fraction of sp³-hybridized carbons (Fsp3) is 0.114. The van der Waals surface area contributed by atoms with Crippen molar-refractivity contribution in [3.8, 4) is 0 Å². The van der Waals surface area contributed by atoms with Gasteiger partial charge in [0.2, 0.25) is 0 Å². The van der Waals surface area contributed by atoms with Crippen LogP contribution in [0, 0.1) is 0 Å². The van der Waals surface area contributed by atoms with E-state index in [9.17, 15) is 0 Å². The van der Waals surface area contributed by atoms with Crippen LogP contribution >= 0.6 is 0 Å². The van der Waals surface area contributed by atoms with Gasteiger partial charge in [-0.3, -0.25) is 0 Å². The van der Waals surface area contributed by atoms with Gasteiger partial charge >= 0.3 is 11.9 Å². The number of hydrogen-bond acceptors (Lipinski definition) is 5. The number of methoxy groups -OCH3 is 2. The van der Waals surface area contributed by atoms with Gasteiger partial charge in [0, 0.05) is 17.7 Å². The standard InChI is InChI=1S/C70H15NO4/c1-4-5-6-71-66(68(73)75-3)65(67(72)74-2)69-61-53-45-35-25-17-9-7-8-11-15-13(9)21-29-23(15)33-27-19(11)20-12(8)16-14-10(7)18(17)26-32-22(14)30-24(16)34-28(20)38-37(27)49-43(33)51-41(29)47(39(45)31(21)25)55(61)57(51)63-59(49)60-50(38)44(34)52-42(30)48-40(32)46(36(26)35)54(53)62(69)56(48)58(52)64(60)70(63,69)71/h4-6H2,1-3H3. The third kappa shape index (κ3) is 1.61. The molecule has 0 fully saturated rings. The fourth-order valence-corrected chi connectivity index (χ4v) is 25.9. The van der Waals surface area contributed by atoms with Crippen molar-refractivity contribution in [1.29, 1.82) is 0 Å². The Balaban J connectivity index is 1.16. The number of esters is 2. The summed E-state index contributed by atoms with van der Waals surface area (Å²) < 4.78 is 12.5. The van der Waals surface area contributed by atoms with Crippen molar-refractivity contribution in [3.05, 3.63) is 33.5 Å². The van der Waals surface area contributed by atoms with Crippen molar-refractivity contribution >= 4 is 303 Å². The van der Waals surface area contributed by atoms with Crippen LogP contribution in [-0.4, -0.2) is 37.6 Å². The summed E-state index contributed by atoms with van der Waals surface area (Å²) in [7, 11) is 3.10. The molecule has 0 radical (unpaired) electrons. The van der Waals surface area contributed by atoms with Gasteiger partial charge in [-0.05, 0) is 308 Å². The SMILES string of the molecule is CCCCN1C(C(=O)OC)=C(C(=O)OC)C23c4c5c6c7c8c9c(c%10c%11c2c2c4c4c%12c5c5c6c6c8c8c%13c9c9c%10c%10c%11c%11c2c2c4c4c%12c%12c5c5c6c8c6c8c%13c9c9c%10c%10c%11c2c2c4c4c%12c5c6c5c8c9c%10c2c45)C713. The summed E-state index contributed by atoms with van der Waals surface area (Å²) in [6.07, 6.45) is 1.80. The van der Waals surface area contributed by atoms with Crippen molar-refractivity contribution in [3.63, 3.8) is 0 Å². The van der Waals surface area contributed by atoms with E-state index in [4.69, 9.17) is 9.47 Å². The average Bonchev–Trinajstić information content (AvgIpc) is 3.50. The van der Waals surface area contributed by atoms with E-state index in [0.717, 1.165) is 12.8 Å². The molecule has 0 saturated heterocycles. The zero-order chi connectivity index (χ0) is 45.9. The summed E-state index contributed by atoms with van der Waals surface area (Å²) in [4.78, 5) is 34.6. The maximum Gasteiger partial charge on any atom is 0.354 e. The summed E-state index contributed by atoms with van der Waals surface area (Å²) in [5, 5.41) is 81.1. The Bertz CT molecular complexity index is 7310. The van der Waals surface area contributed by atoms with Crippen molar-refractivity contribution < 1.29 is 19.1 Å². The number of benzene rings is 18. The van der Waals surface area contributed by atoms with Crippen LogP contribution in [0.3, 0.4) is 0 Å². The first kappa shape index (κ1) is 29.6. The van der Waals surface area contributed by atoms with E-state index in [-0.39, 0.29) is 0 Å². The number of rotatable bonds is 5. The van der Waals surface area contributed by atoms with Crippen LogP contribution in [0.5, 0.6) is 0 Å². The normalized spacial score (nSPS) is 21.8. The molecule has 33 rings (SSSR count). The van der Waals surface area contributed by atoms with E-state index in [1.807, 2.05) is 0 Å². The van der Waals surface area contributed by atoms with Crippen LogP contribution in [0.2, 0.25) is 0 Å². The number of carbonyl (C=O) groups excluding carboxylic acids is 2. The van der Waals surface area contributed by atoms with Crippen molar-refractivity contribution in [2.24, 2.45) is 0 Å². The number of nitrogens with zero attached hydrogens (tertiary/aromatic N) is 1. The van der Waals surface area contributed by atoms with E-state index in [2.05, 4.69) is 11.8 Å². The Morgan fingerprint density at radius 1 is 0.307 bits per heavy atom. The van der Waals surface area contributed by atoms with Crippen LogP contribution < -0.4 is 0 Å². The summed E-state index contributed by atoms with van der Waals surface area (Å²) in [6, 6.07) is 0. The molecular weight excluding hydrogens is 919 g/mol. The lowest BCUT2D eigenvalue weighted by atomic mass is 9.51. The summed E-state index contributed by atoms with van der Waals surface area (Å²) in [6.45, 7) is 2.89. The largest absolute Gasteiger partial charge is 0.466 e. The Kier molecular flexibility index (Phi) is 2.70. The molecule has 1 aliphatic heterocycles. The maximum absolute atomic E-state index is 16.3. The molecule has 0 N–H and O–H groups in total. The zero-order valence-corrected chi connectivity index (χ0v) is 39.2. The lowest BCUT2D eigenvalue weighted by Crippen LogP contribution is -2.58. The molecule has 5 nitrogen and oxygen atoms in total. The monoisotopic (exact) mass is 933 g/mol.